The van der Waals surface area contributed by atoms with Crippen molar-refractivity contribution in [2.75, 3.05) is 18.4 Å². The quantitative estimate of drug-likeness (QED) is 0.135. The molecule has 0 aromatic rings. The van der Waals surface area contributed by atoms with Crippen LogP contribution in [0.3, 0.4) is 0 Å². The van der Waals surface area contributed by atoms with E-state index in [4.69, 9.17) is 5.73 Å². The van der Waals surface area contributed by atoms with Gasteiger partial charge < -0.3 is 27.0 Å². The van der Waals surface area contributed by atoms with Gasteiger partial charge in [0, 0.05) is 25.4 Å². The molecule has 1 unspecified atom stereocenters. The molecule has 0 bridgehead atoms. The fraction of sp³-hybridized carbons (Fsp3) is 0.792. The number of ketones is 1. The lowest BCUT2D eigenvalue weighted by Gasteiger charge is -2.26. The summed E-state index contributed by atoms with van der Waals surface area (Å²) in [7, 11) is 0. The number of Topliss-reactive ketones (excluding diaryl/α,β-unsaturated/α-hetero) is 1. The minimum absolute atomic E-state index is 0.0723. The van der Waals surface area contributed by atoms with Crippen molar-refractivity contribution in [1.29, 1.82) is 0 Å². The van der Waals surface area contributed by atoms with Crippen LogP contribution in [0.15, 0.2) is 0 Å². The second kappa shape index (κ2) is 21.1. The molecule has 10 nitrogen and oxygen atoms in total. The van der Waals surface area contributed by atoms with Crippen LogP contribution in [-0.4, -0.2) is 60.0 Å². The van der Waals surface area contributed by atoms with Crippen LogP contribution in [-0.2, 0) is 19.2 Å². The Hall–Kier alpha value is -2.17. The number of nitrogens with two attached hydrogens (primary N) is 1. The van der Waals surface area contributed by atoms with Crippen molar-refractivity contribution in [2.24, 2.45) is 17.6 Å². The molecule has 0 aromatic heterocycles. The molecule has 0 heterocycles. The molecule has 204 valence electrons. The van der Waals surface area contributed by atoms with Gasteiger partial charge in [-0.3, -0.25) is 19.2 Å². The molecular formula is C24H46BrN5O5. The van der Waals surface area contributed by atoms with E-state index in [1.165, 1.54) is 0 Å². The number of halogens is 1. The summed E-state index contributed by atoms with van der Waals surface area (Å²) in [5, 5.41) is 11.0. The van der Waals surface area contributed by atoms with Crippen molar-refractivity contribution >= 4 is 45.5 Å². The fourth-order valence-corrected chi connectivity index (χ4v) is 3.31. The number of urea groups is 1. The summed E-state index contributed by atoms with van der Waals surface area (Å²) in [6.45, 7) is 12.0. The normalized spacial score (nSPS) is 12.1. The number of unbranched alkanes of at least 4 members (excludes halogenated alkanes) is 2. The third-order valence-corrected chi connectivity index (χ3v) is 5.50. The first kappa shape index (κ1) is 35.0. The molecule has 35 heavy (non-hydrogen) atoms. The van der Waals surface area contributed by atoms with Crippen LogP contribution in [0.25, 0.3) is 0 Å². The van der Waals surface area contributed by atoms with Gasteiger partial charge in [0.05, 0.1) is 11.4 Å². The van der Waals surface area contributed by atoms with Crippen molar-refractivity contribution < 1.29 is 24.0 Å². The predicted molar refractivity (Wildman–Crippen MR) is 142 cm³/mol. The third-order valence-electron chi connectivity index (χ3n) is 4.99. The Morgan fingerprint density at radius 2 is 1.40 bits per heavy atom. The molecule has 0 spiro atoms. The summed E-state index contributed by atoms with van der Waals surface area (Å²) in [5.41, 5.74) is 5.05. The van der Waals surface area contributed by atoms with E-state index in [2.05, 4.69) is 37.2 Å². The molecular weight excluding hydrogens is 518 g/mol. The van der Waals surface area contributed by atoms with E-state index in [9.17, 15) is 24.0 Å². The standard InChI is InChI=1S/C22H40BrN5O5.C2H6/c1-14(2)19(28-17(29)10-6-5-7-11-25-18(30)13-23)21(32)27-16(20(31)15(3)4)9-8-12-26-22(24)33;1-2/h14-16,19H,5-13H2,1-4H3,(H,25,30)(H,27,32)(H,28,29)(H3,24,26,33);1-2H3/t16-,19?;/m0./s1. The number of hydrogen-bond acceptors (Lipinski definition) is 5. The first-order chi connectivity index (χ1) is 16.5. The number of nitrogens with one attached hydrogen (secondary N) is 4. The molecule has 0 aromatic carbocycles. The number of amides is 5. The molecule has 11 heteroatoms. The number of carbonyl (C=O) groups excluding carboxylic acids is 5. The van der Waals surface area contributed by atoms with E-state index < -0.39 is 24.0 Å². The Balaban J connectivity index is 0. The first-order valence-corrected chi connectivity index (χ1v) is 13.6. The van der Waals surface area contributed by atoms with E-state index in [0.717, 1.165) is 12.8 Å². The maximum absolute atomic E-state index is 12.9. The van der Waals surface area contributed by atoms with Crippen LogP contribution in [0.1, 0.15) is 80.1 Å². The van der Waals surface area contributed by atoms with Gasteiger partial charge in [0.2, 0.25) is 17.7 Å². The molecule has 0 radical (unpaired) electrons. The Morgan fingerprint density at radius 3 is 1.91 bits per heavy atom. The zero-order valence-corrected chi connectivity index (χ0v) is 23.8. The molecule has 5 amide bonds. The maximum atomic E-state index is 12.9. The molecule has 2 atom stereocenters. The van der Waals surface area contributed by atoms with E-state index in [-0.39, 0.29) is 41.2 Å². The summed E-state index contributed by atoms with van der Waals surface area (Å²) in [6.07, 6.45) is 3.29. The Kier molecular flexibility index (Phi) is 21.1. The van der Waals surface area contributed by atoms with Gasteiger partial charge in [0.25, 0.3) is 0 Å². The number of rotatable bonds is 17. The molecule has 0 saturated carbocycles. The zero-order chi connectivity index (χ0) is 27.4. The summed E-state index contributed by atoms with van der Waals surface area (Å²) in [6, 6.07) is -2.11. The van der Waals surface area contributed by atoms with Crippen LogP contribution >= 0.6 is 15.9 Å². The lowest BCUT2D eigenvalue weighted by Crippen LogP contribution is -2.54. The van der Waals surface area contributed by atoms with Crippen molar-refractivity contribution in [1.82, 2.24) is 21.3 Å². The first-order valence-electron chi connectivity index (χ1n) is 12.5. The average Bonchev–Trinajstić information content (AvgIpc) is 2.81. The molecule has 0 aliphatic rings. The van der Waals surface area contributed by atoms with Gasteiger partial charge in [-0.05, 0) is 31.6 Å². The van der Waals surface area contributed by atoms with E-state index in [1.807, 2.05) is 27.7 Å². The smallest absolute Gasteiger partial charge is 0.312 e. The van der Waals surface area contributed by atoms with E-state index in [1.54, 1.807) is 13.8 Å². The van der Waals surface area contributed by atoms with Crippen molar-refractivity contribution in [3.63, 3.8) is 0 Å². The summed E-state index contributed by atoms with van der Waals surface area (Å²) < 4.78 is 0. The van der Waals surface area contributed by atoms with E-state index in [0.29, 0.717) is 32.4 Å². The number of hydrogen-bond donors (Lipinski definition) is 5. The highest BCUT2D eigenvalue weighted by Gasteiger charge is 2.29. The highest BCUT2D eigenvalue weighted by molar-refractivity contribution is 9.09. The Morgan fingerprint density at radius 1 is 0.800 bits per heavy atom. The Labute approximate surface area is 218 Å². The molecule has 0 rings (SSSR count). The molecule has 0 aliphatic heterocycles. The highest BCUT2D eigenvalue weighted by Crippen LogP contribution is 2.10. The monoisotopic (exact) mass is 563 g/mol. The summed E-state index contributed by atoms with van der Waals surface area (Å²) in [4.78, 5) is 59.8. The van der Waals surface area contributed by atoms with Crippen molar-refractivity contribution in [2.45, 2.75) is 92.2 Å². The van der Waals surface area contributed by atoms with Crippen molar-refractivity contribution in [3.05, 3.63) is 0 Å². The SMILES string of the molecule is CC.CC(C)C(=O)[C@H](CCCNC(N)=O)NC(=O)C(NC(=O)CCCCCNC(=O)CBr)C(C)C. The van der Waals surface area contributed by atoms with Gasteiger partial charge in [-0.25, -0.2) is 4.79 Å². The average molecular weight is 565 g/mol. The van der Waals surface area contributed by atoms with Gasteiger partial charge in [-0.2, -0.15) is 0 Å². The Bertz CT molecular complexity index is 658. The third kappa shape index (κ3) is 17.9. The van der Waals surface area contributed by atoms with Gasteiger partial charge in [-0.15, -0.1) is 0 Å². The predicted octanol–water partition coefficient (Wildman–Crippen LogP) is 2.38. The second-order valence-electron chi connectivity index (χ2n) is 8.63. The minimum atomic E-state index is -0.762. The number of alkyl halides is 1. The molecule has 0 fully saturated rings. The van der Waals surface area contributed by atoms with Crippen LogP contribution in [0, 0.1) is 11.8 Å². The van der Waals surface area contributed by atoms with Crippen LogP contribution in [0.2, 0.25) is 0 Å². The van der Waals surface area contributed by atoms with Gasteiger partial charge in [0.15, 0.2) is 5.78 Å². The number of carbonyl (C=O) groups is 5. The lowest BCUT2D eigenvalue weighted by molar-refractivity contribution is -0.133. The highest BCUT2D eigenvalue weighted by atomic mass is 79.9. The second-order valence-corrected chi connectivity index (χ2v) is 9.20. The van der Waals surface area contributed by atoms with Gasteiger partial charge >= 0.3 is 6.03 Å². The fourth-order valence-electron chi connectivity index (χ4n) is 3.11. The van der Waals surface area contributed by atoms with Crippen LogP contribution in [0.4, 0.5) is 4.79 Å². The lowest BCUT2D eigenvalue weighted by atomic mass is 9.96. The molecule has 6 N–H and O–H groups in total. The van der Waals surface area contributed by atoms with E-state index >= 15 is 0 Å². The topological polar surface area (TPSA) is 159 Å². The zero-order valence-electron chi connectivity index (χ0n) is 22.2. The van der Waals surface area contributed by atoms with Gasteiger partial charge in [0.1, 0.15) is 6.04 Å². The largest absolute Gasteiger partial charge is 0.355 e. The minimum Gasteiger partial charge on any atom is -0.355 e. The number of primary amides is 1. The van der Waals surface area contributed by atoms with Gasteiger partial charge in [-0.1, -0.05) is 63.9 Å². The molecule has 0 aliphatic carbocycles. The van der Waals surface area contributed by atoms with Crippen LogP contribution in [0.5, 0.6) is 0 Å². The summed E-state index contributed by atoms with van der Waals surface area (Å²) in [5.74, 6) is -1.26. The molecule has 0 saturated heterocycles. The van der Waals surface area contributed by atoms with Crippen molar-refractivity contribution in [3.8, 4) is 0 Å². The summed E-state index contributed by atoms with van der Waals surface area (Å²) >= 11 is 3.08. The maximum Gasteiger partial charge on any atom is 0.312 e. The van der Waals surface area contributed by atoms with Crippen LogP contribution < -0.4 is 27.0 Å².